The summed E-state index contributed by atoms with van der Waals surface area (Å²) in [5.74, 6) is -1.62. The van der Waals surface area contributed by atoms with Gasteiger partial charge in [-0.2, -0.15) is 0 Å². The van der Waals surface area contributed by atoms with Gasteiger partial charge in [0.05, 0.1) is 12.3 Å². The molecule has 102 valence electrons. The van der Waals surface area contributed by atoms with Crippen LogP contribution in [0.15, 0.2) is 34.5 Å². The van der Waals surface area contributed by atoms with E-state index in [1.807, 2.05) is 4.72 Å². The fourth-order valence-corrected chi connectivity index (χ4v) is 3.63. The summed E-state index contributed by atoms with van der Waals surface area (Å²) in [5, 5.41) is 8.87. The van der Waals surface area contributed by atoms with Crippen molar-refractivity contribution in [2.24, 2.45) is 0 Å². The number of nitrogens with one attached hydrogen (secondary N) is 1. The number of sulfonamides is 1. The van der Waals surface area contributed by atoms with E-state index in [-0.39, 0.29) is 10.8 Å². The molecule has 8 heteroatoms. The molecule has 0 spiro atoms. The first-order chi connectivity index (χ1) is 8.92. The molecule has 1 aromatic heterocycles. The fourth-order valence-electron chi connectivity index (χ4n) is 1.36. The van der Waals surface area contributed by atoms with Crippen LogP contribution in [0.4, 0.5) is 14.5 Å². The SMILES string of the molecule is O=S(=O)(Nc1cc(F)ccc1F)c1ccc(CO)s1. The van der Waals surface area contributed by atoms with Gasteiger partial charge in [-0.1, -0.05) is 0 Å². The minimum Gasteiger partial charge on any atom is -0.391 e. The van der Waals surface area contributed by atoms with E-state index in [0.717, 1.165) is 29.5 Å². The molecule has 2 N–H and O–H groups in total. The van der Waals surface area contributed by atoms with Gasteiger partial charge in [0, 0.05) is 10.9 Å². The zero-order chi connectivity index (χ0) is 14.0. The number of hydrogen-bond donors (Lipinski definition) is 2. The second kappa shape index (κ2) is 5.24. The third-order valence-electron chi connectivity index (χ3n) is 2.23. The first kappa shape index (κ1) is 13.9. The van der Waals surface area contributed by atoms with Gasteiger partial charge in [0.1, 0.15) is 15.8 Å². The highest BCUT2D eigenvalue weighted by Crippen LogP contribution is 2.25. The topological polar surface area (TPSA) is 66.4 Å². The van der Waals surface area contributed by atoms with Crippen LogP contribution in [0.2, 0.25) is 0 Å². The van der Waals surface area contributed by atoms with Crippen LogP contribution in [-0.4, -0.2) is 13.5 Å². The Morgan fingerprint density at radius 2 is 1.95 bits per heavy atom. The van der Waals surface area contributed by atoms with E-state index in [2.05, 4.69) is 0 Å². The number of hydrogen-bond acceptors (Lipinski definition) is 4. The zero-order valence-corrected chi connectivity index (χ0v) is 11.1. The molecular weight excluding hydrogens is 296 g/mol. The molecule has 0 saturated carbocycles. The van der Waals surface area contributed by atoms with E-state index < -0.39 is 27.3 Å². The van der Waals surface area contributed by atoms with Crippen molar-refractivity contribution in [2.75, 3.05) is 4.72 Å². The number of rotatable bonds is 4. The lowest BCUT2D eigenvalue weighted by atomic mass is 10.3. The minimum absolute atomic E-state index is 0.0831. The van der Waals surface area contributed by atoms with Crippen LogP contribution in [0.25, 0.3) is 0 Å². The van der Waals surface area contributed by atoms with Gasteiger partial charge in [0.2, 0.25) is 0 Å². The van der Waals surface area contributed by atoms with E-state index in [4.69, 9.17) is 5.11 Å². The quantitative estimate of drug-likeness (QED) is 0.911. The second-order valence-corrected chi connectivity index (χ2v) is 6.69. The molecule has 0 amide bonds. The highest BCUT2D eigenvalue weighted by Gasteiger charge is 2.19. The molecule has 0 fully saturated rings. The number of aliphatic hydroxyl groups excluding tert-OH is 1. The number of anilines is 1. The number of aliphatic hydroxyl groups is 1. The van der Waals surface area contributed by atoms with Gasteiger partial charge in [-0.3, -0.25) is 4.72 Å². The van der Waals surface area contributed by atoms with Crippen molar-refractivity contribution in [3.05, 3.63) is 46.8 Å². The van der Waals surface area contributed by atoms with Crippen molar-refractivity contribution < 1.29 is 22.3 Å². The van der Waals surface area contributed by atoms with Crippen LogP contribution in [0.1, 0.15) is 4.88 Å². The molecule has 0 aliphatic heterocycles. The second-order valence-electron chi connectivity index (χ2n) is 3.61. The lowest BCUT2D eigenvalue weighted by Gasteiger charge is -2.07. The maximum atomic E-state index is 13.4. The van der Waals surface area contributed by atoms with Crippen LogP contribution in [0, 0.1) is 11.6 Å². The molecule has 0 bridgehead atoms. The molecule has 0 atom stereocenters. The maximum Gasteiger partial charge on any atom is 0.271 e. The third kappa shape index (κ3) is 3.09. The predicted molar refractivity (Wildman–Crippen MR) is 67.4 cm³/mol. The van der Waals surface area contributed by atoms with Crippen molar-refractivity contribution in [1.29, 1.82) is 0 Å². The molecule has 0 aliphatic rings. The van der Waals surface area contributed by atoms with E-state index >= 15 is 0 Å². The molecule has 2 rings (SSSR count). The Balaban J connectivity index is 2.33. The lowest BCUT2D eigenvalue weighted by Crippen LogP contribution is -2.12. The van der Waals surface area contributed by atoms with E-state index in [9.17, 15) is 17.2 Å². The molecular formula is C11H9F2NO3S2. The Labute approximate surface area is 112 Å². The average Bonchev–Trinajstić information content (AvgIpc) is 2.83. The van der Waals surface area contributed by atoms with Crippen molar-refractivity contribution in [2.45, 2.75) is 10.8 Å². The normalized spacial score (nSPS) is 11.5. The summed E-state index contributed by atoms with van der Waals surface area (Å²) < 4.78 is 52.0. The van der Waals surface area contributed by atoms with Gasteiger partial charge in [0.25, 0.3) is 10.0 Å². The first-order valence-electron chi connectivity index (χ1n) is 5.10. The molecule has 0 unspecified atom stereocenters. The highest BCUT2D eigenvalue weighted by molar-refractivity contribution is 7.94. The van der Waals surface area contributed by atoms with Gasteiger partial charge in [-0.25, -0.2) is 17.2 Å². The van der Waals surface area contributed by atoms with Gasteiger partial charge in [0.15, 0.2) is 0 Å². The van der Waals surface area contributed by atoms with Gasteiger partial charge < -0.3 is 5.11 Å². The summed E-state index contributed by atoms with van der Waals surface area (Å²) in [7, 11) is -3.99. The van der Waals surface area contributed by atoms with Crippen LogP contribution in [0.5, 0.6) is 0 Å². The molecule has 4 nitrogen and oxygen atoms in total. The summed E-state index contributed by atoms with van der Waals surface area (Å²) in [5.41, 5.74) is -0.459. The molecule has 2 aromatic rings. The van der Waals surface area contributed by atoms with E-state index in [1.54, 1.807) is 0 Å². The summed E-state index contributed by atoms with van der Waals surface area (Å²) in [6, 6.07) is 5.22. The summed E-state index contributed by atoms with van der Waals surface area (Å²) in [6.45, 7) is -0.283. The Morgan fingerprint density at radius 3 is 2.58 bits per heavy atom. The minimum atomic E-state index is -3.99. The van der Waals surface area contributed by atoms with Crippen molar-refractivity contribution in [1.82, 2.24) is 0 Å². The standard InChI is InChI=1S/C11H9F2NO3S2/c12-7-1-3-9(13)10(5-7)14-19(16,17)11-4-2-8(6-15)18-11/h1-5,14-15H,6H2. The van der Waals surface area contributed by atoms with Crippen LogP contribution >= 0.6 is 11.3 Å². The van der Waals surface area contributed by atoms with Crippen LogP contribution in [0.3, 0.4) is 0 Å². The Bertz CT molecular complexity index is 698. The summed E-state index contributed by atoms with van der Waals surface area (Å²) in [6.07, 6.45) is 0. The van der Waals surface area contributed by atoms with Crippen molar-refractivity contribution >= 4 is 27.0 Å². The van der Waals surface area contributed by atoms with Gasteiger partial charge in [-0.15, -0.1) is 11.3 Å². The highest BCUT2D eigenvalue weighted by atomic mass is 32.2. The monoisotopic (exact) mass is 305 g/mol. The first-order valence-corrected chi connectivity index (χ1v) is 7.40. The average molecular weight is 305 g/mol. The smallest absolute Gasteiger partial charge is 0.271 e. The van der Waals surface area contributed by atoms with Crippen molar-refractivity contribution in [3.8, 4) is 0 Å². The molecule has 19 heavy (non-hydrogen) atoms. The summed E-state index contributed by atoms with van der Waals surface area (Å²) >= 11 is 0.852. The Hall–Kier alpha value is -1.51. The van der Waals surface area contributed by atoms with Crippen molar-refractivity contribution in [3.63, 3.8) is 0 Å². The molecule has 0 saturated heterocycles. The largest absolute Gasteiger partial charge is 0.391 e. The Morgan fingerprint density at radius 1 is 1.21 bits per heavy atom. The molecule has 1 heterocycles. The number of benzene rings is 1. The molecule has 0 aliphatic carbocycles. The lowest BCUT2D eigenvalue weighted by molar-refractivity contribution is 0.285. The van der Waals surface area contributed by atoms with Gasteiger partial charge in [-0.05, 0) is 24.3 Å². The fraction of sp³-hybridized carbons (Fsp3) is 0.0909. The molecule has 0 radical (unpaired) electrons. The third-order valence-corrected chi connectivity index (χ3v) is 5.16. The van der Waals surface area contributed by atoms with E-state index in [1.165, 1.54) is 12.1 Å². The summed E-state index contributed by atoms with van der Waals surface area (Å²) in [4.78, 5) is 0.458. The van der Waals surface area contributed by atoms with Crippen LogP contribution in [-0.2, 0) is 16.6 Å². The number of thiophene rings is 1. The van der Waals surface area contributed by atoms with Crippen LogP contribution < -0.4 is 4.72 Å². The maximum absolute atomic E-state index is 13.4. The predicted octanol–water partition coefficient (Wildman–Crippen LogP) is 2.32. The zero-order valence-electron chi connectivity index (χ0n) is 9.43. The number of halogens is 2. The van der Waals surface area contributed by atoms with Gasteiger partial charge >= 0.3 is 0 Å². The molecule has 1 aromatic carbocycles. The Kier molecular flexibility index (Phi) is 3.83. The van der Waals surface area contributed by atoms with E-state index in [0.29, 0.717) is 4.88 Å².